The monoisotopic (exact) mass is 463 g/mol. The minimum absolute atomic E-state index is 0.0834. The molecule has 162 valence electrons. The molecule has 3 rings (SSSR count). The predicted octanol–water partition coefficient (Wildman–Crippen LogP) is 4.61. The molecule has 0 radical (unpaired) electrons. The lowest BCUT2D eigenvalue weighted by molar-refractivity contribution is -0.134. The molecule has 2 aromatic carbocycles. The van der Waals surface area contributed by atoms with Crippen LogP contribution in [0.15, 0.2) is 51.7 Å². The van der Waals surface area contributed by atoms with Crippen LogP contribution in [0, 0.1) is 0 Å². The van der Waals surface area contributed by atoms with E-state index in [4.69, 9.17) is 37.1 Å². The number of hydrogen-bond acceptors (Lipinski definition) is 6. The van der Waals surface area contributed by atoms with E-state index in [9.17, 15) is 14.4 Å². The molecule has 1 N–H and O–H groups in total. The summed E-state index contributed by atoms with van der Waals surface area (Å²) < 4.78 is 16.0. The number of benzene rings is 2. The average molecular weight is 464 g/mol. The van der Waals surface area contributed by atoms with Gasteiger partial charge in [0.2, 0.25) is 0 Å². The number of esters is 1. The largest absolute Gasteiger partial charge is 0.492 e. The van der Waals surface area contributed by atoms with Crippen molar-refractivity contribution in [2.75, 3.05) is 13.2 Å². The van der Waals surface area contributed by atoms with Crippen LogP contribution in [0.5, 0.6) is 11.5 Å². The van der Waals surface area contributed by atoms with E-state index in [2.05, 4.69) is 5.32 Å². The molecule has 0 aliphatic carbocycles. The molecule has 0 fully saturated rings. The summed E-state index contributed by atoms with van der Waals surface area (Å²) in [5, 5.41) is 3.99. The smallest absolute Gasteiger partial charge is 0.349 e. The Morgan fingerprint density at radius 1 is 1.10 bits per heavy atom. The summed E-state index contributed by atoms with van der Waals surface area (Å²) in [6.45, 7) is 2.41. The normalized spacial score (nSPS) is 10.7. The third-order valence-electron chi connectivity index (χ3n) is 4.20. The first-order valence-corrected chi connectivity index (χ1v) is 10.3. The van der Waals surface area contributed by atoms with Gasteiger partial charge in [-0.05, 0) is 49.7 Å². The van der Waals surface area contributed by atoms with Crippen LogP contribution in [0.25, 0.3) is 11.0 Å². The molecule has 3 aromatic rings. The van der Waals surface area contributed by atoms with Crippen molar-refractivity contribution < 1.29 is 23.5 Å². The highest BCUT2D eigenvalue weighted by atomic mass is 35.5. The summed E-state index contributed by atoms with van der Waals surface area (Å²) in [7, 11) is 0. The molecule has 0 saturated heterocycles. The zero-order valence-electron chi connectivity index (χ0n) is 16.6. The Hall–Kier alpha value is -3.03. The van der Waals surface area contributed by atoms with Crippen LogP contribution >= 0.6 is 23.2 Å². The quantitative estimate of drug-likeness (QED) is 0.226. The van der Waals surface area contributed by atoms with E-state index in [-0.39, 0.29) is 29.9 Å². The van der Waals surface area contributed by atoms with Crippen LogP contribution in [-0.4, -0.2) is 25.0 Å². The fraction of sp³-hybridized carbons (Fsp3) is 0.227. The van der Waals surface area contributed by atoms with Gasteiger partial charge in [-0.25, -0.2) is 4.79 Å². The van der Waals surface area contributed by atoms with Gasteiger partial charge in [0, 0.05) is 29.4 Å². The highest BCUT2D eigenvalue weighted by molar-refractivity contribution is 6.35. The predicted molar refractivity (Wildman–Crippen MR) is 117 cm³/mol. The molecule has 1 aromatic heterocycles. The minimum Gasteiger partial charge on any atom is -0.492 e. The molecular formula is C22H19Cl2NO6. The zero-order chi connectivity index (χ0) is 22.4. The van der Waals surface area contributed by atoms with E-state index in [1.54, 1.807) is 37.3 Å². The van der Waals surface area contributed by atoms with Gasteiger partial charge in [-0.1, -0.05) is 23.2 Å². The molecule has 31 heavy (non-hydrogen) atoms. The number of hydrogen-bond donors (Lipinski definition) is 1. The molecule has 0 spiro atoms. The van der Waals surface area contributed by atoms with Gasteiger partial charge in [-0.15, -0.1) is 0 Å². The second-order valence-electron chi connectivity index (χ2n) is 6.51. The van der Waals surface area contributed by atoms with E-state index in [0.29, 0.717) is 34.1 Å². The highest BCUT2D eigenvalue weighted by Crippen LogP contribution is 2.27. The van der Waals surface area contributed by atoms with Crippen molar-refractivity contribution >= 4 is 46.0 Å². The maximum atomic E-state index is 12.1. The second-order valence-corrected chi connectivity index (χ2v) is 7.35. The molecule has 0 unspecified atom stereocenters. The lowest BCUT2D eigenvalue weighted by atomic mass is 10.1. The van der Waals surface area contributed by atoms with E-state index in [1.165, 1.54) is 12.1 Å². The van der Waals surface area contributed by atoms with Crippen molar-refractivity contribution in [3.05, 3.63) is 68.5 Å². The Morgan fingerprint density at radius 2 is 1.90 bits per heavy atom. The SMILES string of the molecule is CCNC(=O)c1cc2ccc(OC(=O)CCCOc3ccc(Cl)cc3Cl)cc2oc1=O. The van der Waals surface area contributed by atoms with Crippen LogP contribution in [0.4, 0.5) is 0 Å². The van der Waals surface area contributed by atoms with E-state index in [0.717, 1.165) is 0 Å². The van der Waals surface area contributed by atoms with E-state index < -0.39 is 17.5 Å². The van der Waals surface area contributed by atoms with Crippen molar-refractivity contribution in [2.45, 2.75) is 19.8 Å². The van der Waals surface area contributed by atoms with Gasteiger partial charge in [0.05, 0.1) is 11.6 Å². The summed E-state index contributed by atoms with van der Waals surface area (Å²) in [6, 6.07) is 10.9. The molecule has 0 bridgehead atoms. The molecule has 1 amide bonds. The number of fused-ring (bicyclic) bond motifs is 1. The summed E-state index contributed by atoms with van der Waals surface area (Å²) in [6.07, 6.45) is 0.527. The third-order valence-corrected chi connectivity index (χ3v) is 4.73. The standard InChI is InChI=1S/C22H19Cl2NO6/c1-2-25-21(27)16-10-13-5-7-15(12-19(13)31-22(16)28)30-20(26)4-3-9-29-18-8-6-14(23)11-17(18)24/h5-8,10-12H,2-4,9H2,1H3,(H,25,27). The molecular weight excluding hydrogens is 445 g/mol. The fourth-order valence-electron chi connectivity index (χ4n) is 2.74. The number of ether oxygens (including phenoxy) is 2. The van der Waals surface area contributed by atoms with Gasteiger partial charge < -0.3 is 19.2 Å². The molecule has 1 heterocycles. The zero-order valence-corrected chi connectivity index (χ0v) is 18.1. The lowest BCUT2D eigenvalue weighted by Crippen LogP contribution is -2.27. The summed E-state index contributed by atoms with van der Waals surface area (Å²) >= 11 is 11.9. The number of rotatable bonds is 8. The Bertz CT molecular complexity index is 1170. The van der Waals surface area contributed by atoms with Gasteiger partial charge in [-0.3, -0.25) is 9.59 Å². The molecule has 0 aliphatic heterocycles. The molecule has 0 atom stereocenters. The van der Waals surface area contributed by atoms with Crippen molar-refractivity contribution in [2.24, 2.45) is 0 Å². The van der Waals surface area contributed by atoms with Gasteiger partial charge in [-0.2, -0.15) is 0 Å². The van der Waals surface area contributed by atoms with Crippen LogP contribution in [0.3, 0.4) is 0 Å². The fourth-order valence-corrected chi connectivity index (χ4v) is 3.21. The Balaban J connectivity index is 1.57. The van der Waals surface area contributed by atoms with Crippen molar-refractivity contribution in [3.63, 3.8) is 0 Å². The minimum atomic E-state index is -0.764. The number of nitrogens with one attached hydrogen (secondary N) is 1. The Kier molecular flexibility index (Phi) is 7.55. The summed E-state index contributed by atoms with van der Waals surface area (Å²) in [4.78, 5) is 36.0. The van der Waals surface area contributed by atoms with E-state index in [1.807, 2.05) is 0 Å². The van der Waals surface area contributed by atoms with Gasteiger partial charge in [0.1, 0.15) is 22.6 Å². The number of carbonyl (C=O) groups is 2. The van der Waals surface area contributed by atoms with Crippen molar-refractivity contribution in [3.8, 4) is 11.5 Å². The maximum Gasteiger partial charge on any atom is 0.349 e. The maximum absolute atomic E-state index is 12.1. The van der Waals surface area contributed by atoms with Crippen molar-refractivity contribution in [1.29, 1.82) is 0 Å². The van der Waals surface area contributed by atoms with Crippen molar-refractivity contribution in [1.82, 2.24) is 5.32 Å². The Labute approximate surface area is 187 Å². The second kappa shape index (κ2) is 10.3. The van der Waals surface area contributed by atoms with Crippen LogP contribution in [0.1, 0.15) is 30.1 Å². The molecule has 9 heteroatoms. The first kappa shape index (κ1) is 22.7. The lowest BCUT2D eigenvalue weighted by Gasteiger charge is -2.08. The molecule has 7 nitrogen and oxygen atoms in total. The first-order chi connectivity index (χ1) is 14.9. The molecule has 0 aliphatic rings. The number of halogens is 2. The number of amides is 1. The van der Waals surface area contributed by atoms with E-state index >= 15 is 0 Å². The number of carbonyl (C=O) groups excluding carboxylic acids is 2. The van der Waals surface area contributed by atoms with Gasteiger partial charge in [0.15, 0.2) is 0 Å². The van der Waals surface area contributed by atoms with Gasteiger partial charge >= 0.3 is 11.6 Å². The highest BCUT2D eigenvalue weighted by Gasteiger charge is 2.14. The average Bonchev–Trinajstić information content (AvgIpc) is 2.72. The van der Waals surface area contributed by atoms with Gasteiger partial charge in [0.25, 0.3) is 5.91 Å². The Morgan fingerprint density at radius 3 is 2.65 bits per heavy atom. The topological polar surface area (TPSA) is 94.8 Å². The first-order valence-electron chi connectivity index (χ1n) is 9.52. The summed E-state index contributed by atoms with van der Waals surface area (Å²) in [5.74, 6) is -0.258. The van der Waals surface area contributed by atoms with Crippen LogP contribution in [0.2, 0.25) is 10.0 Å². The van der Waals surface area contributed by atoms with Crippen LogP contribution < -0.4 is 20.4 Å². The summed E-state index contributed by atoms with van der Waals surface area (Å²) in [5.41, 5.74) is -0.635. The molecule has 0 saturated carbocycles. The van der Waals surface area contributed by atoms with Crippen LogP contribution in [-0.2, 0) is 4.79 Å². The third kappa shape index (κ3) is 5.99.